The molecular formula is C13H30N2OS. The van der Waals surface area contributed by atoms with Gasteiger partial charge in [0.15, 0.2) is 0 Å². The van der Waals surface area contributed by atoms with E-state index in [1.165, 1.54) is 12.2 Å². The number of hydrogen-bond acceptors (Lipinski definition) is 4. The molecule has 0 saturated heterocycles. The first-order chi connectivity index (χ1) is 8.22. The van der Waals surface area contributed by atoms with Crippen molar-refractivity contribution < 1.29 is 4.74 Å². The number of likely N-dealkylation sites (N-methyl/N-ethyl adjacent to an activating group) is 1. The molecule has 0 bridgehead atoms. The van der Waals surface area contributed by atoms with Gasteiger partial charge >= 0.3 is 0 Å². The summed E-state index contributed by atoms with van der Waals surface area (Å²) in [5.74, 6) is 1.26. The van der Waals surface area contributed by atoms with Crippen LogP contribution in [-0.4, -0.2) is 62.8 Å². The first-order valence-electron chi connectivity index (χ1n) is 6.70. The van der Waals surface area contributed by atoms with E-state index < -0.39 is 0 Å². The topological polar surface area (TPSA) is 24.5 Å². The van der Waals surface area contributed by atoms with Gasteiger partial charge in [-0.25, -0.2) is 0 Å². The molecule has 0 aliphatic carbocycles. The number of ether oxygens (including phenoxy) is 1. The predicted molar refractivity (Wildman–Crippen MR) is 79.1 cm³/mol. The van der Waals surface area contributed by atoms with Crippen LogP contribution in [-0.2, 0) is 4.74 Å². The molecule has 0 aromatic rings. The van der Waals surface area contributed by atoms with E-state index in [2.05, 4.69) is 30.4 Å². The SMILES string of the molecule is CCOCCCNCCN(C)C(C)CCSC. The monoisotopic (exact) mass is 262 g/mol. The van der Waals surface area contributed by atoms with Crippen molar-refractivity contribution in [3.8, 4) is 0 Å². The second-order valence-corrected chi connectivity index (χ2v) is 5.40. The van der Waals surface area contributed by atoms with Gasteiger partial charge in [0.25, 0.3) is 0 Å². The standard InChI is InChI=1S/C13H30N2OS/c1-5-16-11-6-8-14-9-10-15(3)13(2)7-12-17-4/h13-14H,5-12H2,1-4H3. The summed E-state index contributed by atoms with van der Waals surface area (Å²) < 4.78 is 5.29. The van der Waals surface area contributed by atoms with E-state index >= 15 is 0 Å². The third-order valence-corrected chi connectivity index (χ3v) is 3.62. The normalized spacial score (nSPS) is 13.2. The Morgan fingerprint density at radius 2 is 2.12 bits per heavy atom. The van der Waals surface area contributed by atoms with Crippen molar-refractivity contribution in [1.29, 1.82) is 0 Å². The molecule has 17 heavy (non-hydrogen) atoms. The summed E-state index contributed by atoms with van der Waals surface area (Å²) in [6.07, 6.45) is 4.56. The Morgan fingerprint density at radius 3 is 2.76 bits per heavy atom. The molecule has 0 heterocycles. The maximum Gasteiger partial charge on any atom is 0.0477 e. The number of nitrogens with zero attached hydrogens (tertiary/aromatic N) is 1. The van der Waals surface area contributed by atoms with Crippen LogP contribution in [0.3, 0.4) is 0 Å². The molecule has 0 amide bonds. The molecule has 1 unspecified atom stereocenters. The van der Waals surface area contributed by atoms with Crippen molar-refractivity contribution in [2.75, 3.05) is 51.9 Å². The molecule has 0 aliphatic heterocycles. The molecule has 104 valence electrons. The van der Waals surface area contributed by atoms with Crippen molar-refractivity contribution in [3.05, 3.63) is 0 Å². The lowest BCUT2D eigenvalue weighted by atomic mass is 10.2. The Labute approximate surface area is 112 Å². The summed E-state index contributed by atoms with van der Waals surface area (Å²) in [4.78, 5) is 2.44. The fraction of sp³-hybridized carbons (Fsp3) is 1.00. The van der Waals surface area contributed by atoms with Gasteiger partial charge in [-0.15, -0.1) is 0 Å². The lowest BCUT2D eigenvalue weighted by Crippen LogP contribution is -2.36. The molecule has 0 fully saturated rings. The average molecular weight is 262 g/mol. The van der Waals surface area contributed by atoms with Crippen LogP contribution in [0.4, 0.5) is 0 Å². The zero-order valence-corrected chi connectivity index (χ0v) is 12.8. The van der Waals surface area contributed by atoms with Crippen LogP contribution in [0.2, 0.25) is 0 Å². The van der Waals surface area contributed by atoms with Gasteiger partial charge in [0.2, 0.25) is 0 Å². The smallest absolute Gasteiger partial charge is 0.0477 e. The second-order valence-electron chi connectivity index (χ2n) is 4.41. The van der Waals surface area contributed by atoms with Crippen molar-refractivity contribution in [2.24, 2.45) is 0 Å². The Hall–Kier alpha value is 0.230. The van der Waals surface area contributed by atoms with Gasteiger partial charge in [-0.05, 0) is 52.3 Å². The molecule has 0 aliphatic rings. The lowest BCUT2D eigenvalue weighted by molar-refractivity contribution is 0.144. The molecule has 0 aromatic carbocycles. The average Bonchev–Trinajstić information content (AvgIpc) is 2.34. The van der Waals surface area contributed by atoms with Crippen LogP contribution < -0.4 is 5.32 Å². The van der Waals surface area contributed by atoms with E-state index in [1.54, 1.807) is 0 Å². The second kappa shape index (κ2) is 12.7. The maximum atomic E-state index is 5.29. The molecule has 0 spiro atoms. The van der Waals surface area contributed by atoms with E-state index in [4.69, 9.17) is 4.74 Å². The Kier molecular flexibility index (Phi) is 12.9. The predicted octanol–water partition coefficient (Wildman–Crippen LogP) is 2.08. The molecule has 0 radical (unpaired) electrons. The Bertz CT molecular complexity index is 158. The minimum absolute atomic E-state index is 0.688. The number of hydrogen-bond donors (Lipinski definition) is 1. The highest BCUT2D eigenvalue weighted by Crippen LogP contribution is 2.05. The van der Waals surface area contributed by atoms with Crippen molar-refractivity contribution in [1.82, 2.24) is 10.2 Å². The van der Waals surface area contributed by atoms with Gasteiger partial charge in [0.1, 0.15) is 0 Å². The summed E-state index contributed by atoms with van der Waals surface area (Å²) >= 11 is 1.93. The van der Waals surface area contributed by atoms with E-state index in [1.807, 2.05) is 18.7 Å². The molecular weight excluding hydrogens is 232 g/mol. The molecule has 4 heteroatoms. The van der Waals surface area contributed by atoms with E-state index in [-0.39, 0.29) is 0 Å². The van der Waals surface area contributed by atoms with Crippen LogP contribution in [0.1, 0.15) is 26.7 Å². The first kappa shape index (κ1) is 17.2. The maximum absolute atomic E-state index is 5.29. The van der Waals surface area contributed by atoms with Crippen LogP contribution in [0, 0.1) is 0 Å². The van der Waals surface area contributed by atoms with Gasteiger partial charge in [-0.3, -0.25) is 0 Å². The fourth-order valence-electron chi connectivity index (χ4n) is 1.55. The Morgan fingerprint density at radius 1 is 1.35 bits per heavy atom. The minimum Gasteiger partial charge on any atom is -0.382 e. The van der Waals surface area contributed by atoms with Crippen LogP contribution in [0.15, 0.2) is 0 Å². The quantitative estimate of drug-likeness (QED) is 0.544. The highest BCUT2D eigenvalue weighted by molar-refractivity contribution is 7.98. The third kappa shape index (κ3) is 11.1. The van der Waals surface area contributed by atoms with Gasteiger partial charge in [0, 0.05) is 32.3 Å². The molecule has 3 nitrogen and oxygen atoms in total. The minimum atomic E-state index is 0.688. The first-order valence-corrected chi connectivity index (χ1v) is 8.09. The number of thioether (sulfide) groups is 1. The summed E-state index contributed by atoms with van der Waals surface area (Å²) in [7, 11) is 2.22. The summed E-state index contributed by atoms with van der Waals surface area (Å²) in [6.45, 7) is 9.33. The fourth-order valence-corrected chi connectivity index (χ4v) is 2.13. The zero-order valence-electron chi connectivity index (χ0n) is 12.0. The van der Waals surface area contributed by atoms with E-state index in [9.17, 15) is 0 Å². The van der Waals surface area contributed by atoms with Gasteiger partial charge < -0.3 is 15.0 Å². The summed E-state index contributed by atoms with van der Waals surface area (Å²) in [6, 6.07) is 0.688. The molecule has 1 N–H and O–H groups in total. The van der Waals surface area contributed by atoms with Crippen molar-refractivity contribution in [2.45, 2.75) is 32.7 Å². The highest BCUT2D eigenvalue weighted by Gasteiger charge is 2.07. The van der Waals surface area contributed by atoms with Gasteiger partial charge in [-0.2, -0.15) is 11.8 Å². The molecule has 0 aromatic heterocycles. The van der Waals surface area contributed by atoms with Crippen LogP contribution in [0.25, 0.3) is 0 Å². The van der Waals surface area contributed by atoms with Gasteiger partial charge in [-0.1, -0.05) is 0 Å². The van der Waals surface area contributed by atoms with Crippen LogP contribution in [0.5, 0.6) is 0 Å². The molecule has 1 atom stereocenters. The Balaban J connectivity index is 3.28. The van der Waals surface area contributed by atoms with E-state index in [0.29, 0.717) is 6.04 Å². The summed E-state index contributed by atoms with van der Waals surface area (Å²) in [5, 5.41) is 3.46. The van der Waals surface area contributed by atoms with Crippen LogP contribution >= 0.6 is 11.8 Å². The zero-order chi connectivity index (χ0) is 12.9. The van der Waals surface area contributed by atoms with E-state index in [0.717, 1.165) is 39.3 Å². The molecule has 0 saturated carbocycles. The lowest BCUT2D eigenvalue weighted by Gasteiger charge is -2.24. The van der Waals surface area contributed by atoms with Crippen molar-refractivity contribution in [3.63, 3.8) is 0 Å². The molecule has 0 rings (SSSR count). The highest BCUT2D eigenvalue weighted by atomic mass is 32.2. The largest absolute Gasteiger partial charge is 0.382 e. The van der Waals surface area contributed by atoms with Crippen molar-refractivity contribution >= 4 is 11.8 Å². The number of rotatable bonds is 12. The third-order valence-electron chi connectivity index (χ3n) is 2.98. The summed E-state index contributed by atoms with van der Waals surface area (Å²) in [5.41, 5.74) is 0. The number of nitrogens with one attached hydrogen (secondary N) is 1. The van der Waals surface area contributed by atoms with Gasteiger partial charge in [0.05, 0.1) is 0 Å².